The van der Waals surface area contributed by atoms with Crippen molar-refractivity contribution in [2.24, 2.45) is 0 Å². The fraction of sp³-hybridized carbons (Fsp3) is 0.400. The first kappa shape index (κ1) is 14.4. The first-order valence-corrected chi connectivity index (χ1v) is 7.44. The van der Waals surface area contributed by atoms with Crippen molar-refractivity contribution in [3.05, 3.63) is 36.5 Å². The summed E-state index contributed by atoms with van der Waals surface area (Å²) in [7, 11) is 1.74. The lowest BCUT2D eigenvalue weighted by molar-refractivity contribution is 0.219. The monoisotopic (exact) mass is 300 g/mol. The Kier molecular flexibility index (Phi) is 4.22. The Morgan fingerprint density at radius 1 is 1.36 bits per heavy atom. The van der Waals surface area contributed by atoms with Gasteiger partial charge in [-0.2, -0.15) is 0 Å². The average Bonchev–Trinajstić information content (AvgIpc) is 3.21. The zero-order chi connectivity index (χ0) is 15.4. The van der Waals surface area contributed by atoms with Crippen molar-refractivity contribution in [1.29, 1.82) is 0 Å². The molecule has 1 fully saturated rings. The van der Waals surface area contributed by atoms with E-state index >= 15 is 0 Å². The number of carbonyl (C=O) groups excluding carboxylic acids is 1. The molecule has 1 saturated heterocycles. The molecule has 0 aliphatic carbocycles. The number of imidazole rings is 1. The third-order valence-corrected chi connectivity index (χ3v) is 3.72. The van der Waals surface area contributed by atoms with Gasteiger partial charge in [-0.15, -0.1) is 0 Å². The highest BCUT2D eigenvalue weighted by atomic mass is 16.2. The van der Waals surface area contributed by atoms with E-state index in [2.05, 4.69) is 25.2 Å². The molecule has 0 spiro atoms. The van der Waals surface area contributed by atoms with Crippen molar-refractivity contribution >= 4 is 17.5 Å². The van der Waals surface area contributed by atoms with E-state index in [-0.39, 0.29) is 6.03 Å². The third-order valence-electron chi connectivity index (χ3n) is 3.72. The van der Waals surface area contributed by atoms with E-state index in [4.69, 9.17) is 0 Å². The Labute approximate surface area is 129 Å². The lowest BCUT2D eigenvalue weighted by atomic mass is 10.3. The van der Waals surface area contributed by atoms with Crippen LogP contribution in [0, 0.1) is 0 Å². The Balaban J connectivity index is 1.68. The summed E-state index contributed by atoms with van der Waals surface area (Å²) < 4.78 is 0. The summed E-state index contributed by atoms with van der Waals surface area (Å²) in [6, 6.07) is 3.55. The summed E-state index contributed by atoms with van der Waals surface area (Å²) in [5.41, 5.74) is 0.751. The molecule has 0 saturated carbocycles. The molecule has 1 aliphatic heterocycles. The normalized spacial score (nSPS) is 14.1. The third kappa shape index (κ3) is 3.19. The first-order valence-electron chi connectivity index (χ1n) is 7.44. The summed E-state index contributed by atoms with van der Waals surface area (Å²) in [6.07, 6.45) is 7.52. The number of pyridine rings is 1. The zero-order valence-electron chi connectivity index (χ0n) is 12.6. The number of nitrogens with zero attached hydrogens (tertiary/aromatic N) is 4. The van der Waals surface area contributed by atoms with Gasteiger partial charge in [0.1, 0.15) is 5.82 Å². The van der Waals surface area contributed by atoms with Gasteiger partial charge in [0.05, 0.1) is 12.2 Å². The van der Waals surface area contributed by atoms with Crippen LogP contribution in [0.5, 0.6) is 0 Å². The lowest BCUT2D eigenvalue weighted by Gasteiger charge is -2.22. The van der Waals surface area contributed by atoms with Crippen LogP contribution in [0.15, 0.2) is 30.7 Å². The second-order valence-corrected chi connectivity index (χ2v) is 5.39. The quantitative estimate of drug-likeness (QED) is 0.906. The molecule has 7 nitrogen and oxygen atoms in total. The minimum atomic E-state index is -0.176. The van der Waals surface area contributed by atoms with E-state index in [0.717, 1.165) is 30.4 Å². The Bertz CT molecular complexity index is 621. The molecule has 22 heavy (non-hydrogen) atoms. The molecule has 3 heterocycles. The number of urea groups is 1. The molecule has 0 bridgehead atoms. The number of aromatic amines is 1. The highest BCUT2D eigenvalue weighted by molar-refractivity contribution is 5.92. The van der Waals surface area contributed by atoms with Gasteiger partial charge in [0.2, 0.25) is 0 Å². The summed E-state index contributed by atoms with van der Waals surface area (Å²) >= 11 is 0. The minimum absolute atomic E-state index is 0.176. The summed E-state index contributed by atoms with van der Waals surface area (Å²) in [6.45, 7) is 2.41. The van der Waals surface area contributed by atoms with Crippen molar-refractivity contribution in [3.63, 3.8) is 0 Å². The second kappa shape index (κ2) is 6.46. The fourth-order valence-electron chi connectivity index (χ4n) is 2.57. The molecule has 0 atom stereocenters. The van der Waals surface area contributed by atoms with E-state index < -0.39 is 0 Å². The predicted octanol–water partition coefficient (Wildman–Crippen LogP) is 2.07. The number of hydrogen-bond acceptors (Lipinski definition) is 4. The van der Waals surface area contributed by atoms with Crippen molar-refractivity contribution in [2.75, 3.05) is 30.4 Å². The number of H-pyrrole nitrogens is 1. The maximum atomic E-state index is 12.3. The van der Waals surface area contributed by atoms with Crippen LogP contribution in [-0.4, -0.2) is 46.0 Å². The van der Waals surface area contributed by atoms with Gasteiger partial charge in [-0.1, -0.05) is 0 Å². The van der Waals surface area contributed by atoms with Crippen LogP contribution < -0.4 is 10.2 Å². The number of aromatic nitrogens is 3. The number of anilines is 2. The van der Waals surface area contributed by atoms with Gasteiger partial charge in [-0.3, -0.25) is 0 Å². The standard InChI is InChI=1S/C15H20N6O/c1-20(11-13-16-7-8-17-13)15(22)19-12-5-4-6-18-14(12)21-9-2-3-10-21/h4-8H,2-3,9-11H2,1H3,(H,16,17)(H,19,22). The van der Waals surface area contributed by atoms with Crippen molar-refractivity contribution < 1.29 is 4.79 Å². The summed E-state index contributed by atoms with van der Waals surface area (Å²) in [4.78, 5) is 27.7. The van der Waals surface area contributed by atoms with E-state index in [0.29, 0.717) is 6.54 Å². The predicted molar refractivity (Wildman–Crippen MR) is 84.8 cm³/mol. The lowest BCUT2D eigenvalue weighted by Crippen LogP contribution is -2.32. The Hall–Kier alpha value is -2.57. The molecular weight excluding hydrogens is 280 g/mol. The molecule has 2 amide bonds. The molecule has 2 N–H and O–H groups in total. The first-order chi connectivity index (χ1) is 10.7. The van der Waals surface area contributed by atoms with Crippen LogP contribution in [0.3, 0.4) is 0 Å². The number of amides is 2. The maximum Gasteiger partial charge on any atom is 0.322 e. The van der Waals surface area contributed by atoms with Gasteiger partial charge in [-0.05, 0) is 25.0 Å². The SMILES string of the molecule is CN(Cc1ncc[nH]1)C(=O)Nc1cccnc1N1CCCC1. The largest absolute Gasteiger partial charge is 0.355 e. The molecule has 116 valence electrons. The fourth-order valence-corrected chi connectivity index (χ4v) is 2.57. The molecule has 0 radical (unpaired) electrons. The second-order valence-electron chi connectivity index (χ2n) is 5.39. The smallest absolute Gasteiger partial charge is 0.322 e. The van der Waals surface area contributed by atoms with Crippen LogP contribution >= 0.6 is 0 Å². The van der Waals surface area contributed by atoms with Crippen LogP contribution in [0.25, 0.3) is 0 Å². The van der Waals surface area contributed by atoms with E-state index in [9.17, 15) is 4.79 Å². The van der Waals surface area contributed by atoms with Gasteiger partial charge in [-0.25, -0.2) is 14.8 Å². The molecule has 3 rings (SSSR count). The highest BCUT2D eigenvalue weighted by Gasteiger charge is 2.19. The van der Waals surface area contributed by atoms with Gasteiger partial charge in [0.15, 0.2) is 5.82 Å². The molecule has 2 aromatic rings. The molecular formula is C15H20N6O. The van der Waals surface area contributed by atoms with Crippen LogP contribution in [0.1, 0.15) is 18.7 Å². The average molecular weight is 300 g/mol. The molecule has 7 heteroatoms. The van der Waals surface area contributed by atoms with Crippen LogP contribution in [-0.2, 0) is 6.54 Å². The van der Waals surface area contributed by atoms with Crippen LogP contribution in [0.4, 0.5) is 16.3 Å². The topological polar surface area (TPSA) is 77.1 Å². The molecule has 2 aromatic heterocycles. The Morgan fingerprint density at radius 2 is 2.18 bits per heavy atom. The molecule has 0 aromatic carbocycles. The van der Waals surface area contributed by atoms with Crippen LogP contribution in [0.2, 0.25) is 0 Å². The molecule has 1 aliphatic rings. The van der Waals surface area contributed by atoms with Crippen molar-refractivity contribution in [3.8, 4) is 0 Å². The van der Waals surface area contributed by atoms with Gasteiger partial charge in [0, 0.05) is 38.7 Å². The Morgan fingerprint density at radius 3 is 2.91 bits per heavy atom. The van der Waals surface area contributed by atoms with Crippen molar-refractivity contribution in [1.82, 2.24) is 19.9 Å². The van der Waals surface area contributed by atoms with E-state index in [1.807, 2.05) is 12.1 Å². The number of hydrogen-bond donors (Lipinski definition) is 2. The van der Waals surface area contributed by atoms with Gasteiger partial charge < -0.3 is 20.1 Å². The van der Waals surface area contributed by atoms with E-state index in [1.165, 1.54) is 12.8 Å². The van der Waals surface area contributed by atoms with Gasteiger partial charge >= 0.3 is 6.03 Å². The van der Waals surface area contributed by atoms with E-state index in [1.54, 1.807) is 30.5 Å². The summed E-state index contributed by atoms with van der Waals surface area (Å²) in [5, 5.41) is 2.94. The highest BCUT2D eigenvalue weighted by Crippen LogP contribution is 2.26. The number of rotatable bonds is 4. The minimum Gasteiger partial charge on any atom is -0.355 e. The number of nitrogens with one attached hydrogen (secondary N) is 2. The van der Waals surface area contributed by atoms with Crippen molar-refractivity contribution in [2.45, 2.75) is 19.4 Å². The zero-order valence-corrected chi connectivity index (χ0v) is 12.6. The summed E-state index contributed by atoms with van der Waals surface area (Å²) in [5.74, 6) is 1.60. The maximum absolute atomic E-state index is 12.3. The molecule has 0 unspecified atom stereocenters. The number of carbonyl (C=O) groups is 1. The van der Waals surface area contributed by atoms with Gasteiger partial charge in [0.25, 0.3) is 0 Å².